The lowest BCUT2D eigenvalue weighted by Crippen LogP contribution is -2.09. The number of hydrogen-bond acceptors (Lipinski definition) is 5. The van der Waals surface area contributed by atoms with Gasteiger partial charge in [-0.25, -0.2) is 0 Å². The number of amides is 1. The molecule has 1 aromatic heterocycles. The third-order valence-corrected chi connectivity index (χ3v) is 2.84. The number of nitrogens with zero attached hydrogens (tertiary/aromatic N) is 4. The second-order valence-corrected chi connectivity index (χ2v) is 4.73. The summed E-state index contributed by atoms with van der Waals surface area (Å²) >= 11 is 3.37. The maximum Gasteiger partial charge on any atom is 0.270 e. The van der Waals surface area contributed by atoms with Gasteiger partial charge in [0.05, 0.1) is 14.2 Å². The Morgan fingerprint density at radius 2 is 2.30 bits per heavy atom. The van der Waals surface area contributed by atoms with Gasteiger partial charge >= 0.3 is 0 Å². The first-order chi connectivity index (χ1) is 9.58. The van der Waals surface area contributed by atoms with Crippen molar-refractivity contribution < 1.29 is 9.53 Å². The molecule has 0 spiro atoms. The molecule has 2 aromatic rings. The first-order valence-corrected chi connectivity index (χ1v) is 6.44. The Balaban J connectivity index is 2.09. The molecule has 0 fully saturated rings. The molecule has 0 unspecified atom stereocenters. The van der Waals surface area contributed by atoms with Crippen LogP contribution in [0, 0.1) is 0 Å². The van der Waals surface area contributed by atoms with Crippen LogP contribution in [0.25, 0.3) is 6.08 Å². The van der Waals surface area contributed by atoms with Crippen LogP contribution in [0.2, 0.25) is 0 Å². The molecular formula is C12H12BrN5O2. The van der Waals surface area contributed by atoms with Crippen LogP contribution in [0.15, 0.2) is 28.7 Å². The number of benzene rings is 1. The average molecular weight is 338 g/mol. The first kappa shape index (κ1) is 14.2. The van der Waals surface area contributed by atoms with Crippen LogP contribution in [0.4, 0.5) is 5.95 Å². The second-order valence-electron chi connectivity index (χ2n) is 3.81. The number of hydrogen-bond donors (Lipinski definition) is 1. The number of anilines is 1. The van der Waals surface area contributed by atoms with Gasteiger partial charge in [-0.2, -0.15) is 4.80 Å². The summed E-state index contributed by atoms with van der Waals surface area (Å²) in [7, 11) is 3.19. The second kappa shape index (κ2) is 6.29. The molecular weight excluding hydrogens is 326 g/mol. The van der Waals surface area contributed by atoms with Crippen LogP contribution in [0.5, 0.6) is 5.75 Å². The maximum absolute atomic E-state index is 11.7. The van der Waals surface area contributed by atoms with Crippen molar-refractivity contribution in [2.75, 3.05) is 12.4 Å². The van der Waals surface area contributed by atoms with Crippen molar-refractivity contribution in [2.45, 2.75) is 0 Å². The van der Waals surface area contributed by atoms with E-state index in [1.807, 2.05) is 18.2 Å². The fourth-order valence-corrected chi connectivity index (χ4v) is 1.87. The largest absolute Gasteiger partial charge is 0.496 e. The van der Waals surface area contributed by atoms with Gasteiger partial charge in [0.1, 0.15) is 5.75 Å². The molecule has 2 rings (SSSR count). The molecule has 0 saturated carbocycles. The zero-order valence-electron chi connectivity index (χ0n) is 10.9. The van der Waals surface area contributed by atoms with Crippen LogP contribution < -0.4 is 10.1 Å². The van der Waals surface area contributed by atoms with E-state index in [1.165, 1.54) is 10.9 Å². The summed E-state index contributed by atoms with van der Waals surface area (Å²) in [4.78, 5) is 13.0. The van der Waals surface area contributed by atoms with Crippen molar-refractivity contribution in [1.82, 2.24) is 20.2 Å². The van der Waals surface area contributed by atoms with E-state index in [0.29, 0.717) is 5.75 Å². The van der Waals surface area contributed by atoms with E-state index in [2.05, 4.69) is 36.7 Å². The molecule has 1 heterocycles. The van der Waals surface area contributed by atoms with Crippen LogP contribution in [-0.4, -0.2) is 33.2 Å². The minimum Gasteiger partial charge on any atom is -0.496 e. The van der Waals surface area contributed by atoms with Crippen molar-refractivity contribution in [2.24, 2.45) is 7.05 Å². The summed E-state index contributed by atoms with van der Waals surface area (Å²) in [5.41, 5.74) is 0.782. The molecule has 1 N–H and O–H groups in total. The molecule has 0 aliphatic carbocycles. The highest BCUT2D eigenvalue weighted by atomic mass is 79.9. The lowest BCUT2D eigenvalue weighted by molar-refractivity contribution is -0.111. The number of halogens is 1. The standard InChI is InChI=1S/C12H12BrN5O2/c1-18-16-12(15-17-18)14-11(19)6-3-8-7-9(13)4-5-10(8)20-2/h3-7H,1-2H3,(H,14,16,19)/b6-3+. The highest BCUT2D eigenvalue weighted by molar-refractivity contribution is 9.10. The van der Waals surface area contributed by atoms with Gasteiger partial charge < -0.3 is 4.74 Å². The number of carbonyl (C=O) groups excluding carboxylic acids is 1. The molecule has 1 amide bonds. The molecule has 20 heavy (non-hydrogen) atoms. The molecule has 0 aliphatic heterocycles. The third kappa shape index (κ3) is 3.64. The van der Waals surface area contributed by atoms with Crippen LogP contribution in [-0.2, 0) is 11.8 Å². The van der Waals surface area contributed by atoms with E-state index in [-0.39, 0.29) is 11.9 Å². The predicted molar refractivity (Wildman–Crippen MR) is 77.2 cm³/mol. The zero-order valence-corrected chi connectivity index (χ0v) is 12.5. The van der Waals surface area contributed by atoms with Gasteiger partial charge in [0.2, 0.25) is 0 Å². The summed E-state index contributed by atoms with van der Waals surface area (Å²) in [6.45, 7) is 0. The number of aryl methyl sites for hydroxylation is 1. The van der Waals surface area contributed by atoms with Gasteiger partial charge in [-0.1, -0.05) is 21.0 Å². The highest BCUT2D eigenvalue weighted by Crippen LogP contribution is 2.24. The van der Waals surface area contributed by atoms with E-state index in [0.717, 1.165) is 10.0 Å². The number of carbonyl (C=O) groups is 1. The Hall–Kier alpha value is -2.22. The van der Waals surface area contributed by atoms with Crippen LogP contribution >= 0.6 is 15.9 Å². The van der Waals surface area contributed by atoms with Crippen molar-refractivity contribution in [3.63, 3.8) is 0 Å². The number of nitrogens with one attached hydrogen (secondary N) is 1. The fraction of sp³-hybridized carbons (Fsp3) is 0.167. The minimum absolute atomic E-state index is 0.156. The van der Waals surface area contributed by atoms with Gasteiger partial charge in [0.15, 0.2) is 0 Å². The summed E-state index contributed by atoms with van der Waals surface area (Å²) in [6.07, 6.45) is 3.02. The van der Waals surface area contributed by atoms with Gasteiger partial charge in [-0.05, 0) is 29.5 Å². The van der Waals surface area contributed by atoms with Crippen molar-refractivity contribution in [3.8, 4) is 5.75 Å². The Labute approximate surface area is 123 Å². The first-order valence-electron chi connectivity index (χ1n) is 5.65. The van der Waals surface area contributed by atoms with Crippen LogP contribution in [0.1, 0.15) is 5.56 Å². The monoisotopic (exact) mass is 337 g/mol. The number of rotatable bonds is 4. The smallest absolute Gasteiger partial charge is 0.270 e. The molecule has 0 saturated heterocycles. The molecule has 0 atom stereocenters. The number of aromatic nitrogens is 4. The number of methoxy groups -OCH3 is 1. The van der Waals surface area contributed by atoms with E-state index < -0.39 is 0 Å². The normalized spacial score (nSPS) is 10.8. The average Bonchev–Trinajstić information content (AvgIpc) is 2.82. The minimum atomic E-state index is -0.347. The molecule has 0 aliphatic rings. The van der Waals surface area contributed by atoms with E-state index in [4.69, 9.17) is 4.74 Å². The molecule has 8 heteroatoms. The Morgan fingerprint density at radius 1 is 1.50 bits per heavy atom. The fourth-order valence-electron chi connectivity index (χ4n) is 1.49. The SMILES string of the molecule is COc1ccc(Br)cc1/C=C/C(=O)Nc1nnn(C)n1. The molecule has 7 nitrogen and oxygen atoms in total. The number of ether oxygens (including phenoxy) is 1. The van der Waals surface area contributed by atoms with Gasteiger partial charge in [0, 0.05) is 16.1 Å². The van der Waals surface area contributed by atoms with Crippen LogP contribution in [0.3, 0.4) is 0 Å². The number of tetrazole rings is 1. The highest BCUT2D eigenvalue weighted by Gasteiger charge is 2.04. The van der Waals surface area contributed by atoms with Crippen molar-refractivity contribution >= 4 is 33.9 Å². The summed E-state index contributed by atoms with van der Waals surface area (Å²) in [6, 6.07) is 5.52. The van der Waals surface area contributed by atoms with E-state index >= 15 is 0 Å². The summed E-state index contributed by atoms with van der Waals surface area (Å²) in [5.74, 6) is 0.485. The summed E-state index contributed by atoms with van der Waals surface area (Å²) in [5, 5.41) is 13.6. The maximum atomic E-state index is 11.7. The lowest BCUT2D eigenvalue weighted by atomic mass is 10.2. The Morgan fingerprint density at radius 3 is 2.95 bits per heavy atom. The van der Waals surface area contributed by atoms with Gasteiger partial charge in [0.25, 0.3) is 11.9 Å². The van der Waals surface area contributed by atoms with E-state index in [1.54, 1.807) is 20.2 Å². The summed E-state index contributed by atoms with van der Waals surface area (Å²) < 4.78 is 6.11. The van der Waals surface area contributed by atoms with Crippen molar-refractivity contribution in [1.29, 1.82) is 0 Å². The van der Waals surface area contributed by atoms with Crippen molar-refractivity contribution in [3.05, 3.63) is 34.3 Å². The quantitative estimate of drug-likeness (QED) is 0.857. The molecule has 0 radical (unpaired) electrons. The topological polar surface area (TPSA) is 81.9 Å². The lowest BCUT2D eigenvalue weighted by Gasteiger charge is -2.04. The predicted octanol–water partition coefficient (Wildman–Crippen LogP) is 1.63. The van der Waals surface area contributed by atoms with Gasteiger partial charge in [-0.3, -0.25) is 10.1 Å². The third-order valence-electron chi connectivity index (χ3n) is 2.35. The zero-order chi connectivity index (χ0) is 14.5. The Bertz CT molecular complexity index is 653. The molecule has 0 bridgehead atoms. The molecule has 104 valence electrons. The molecule has 1 aromatic carbocycles. The Kier molecular flexibility index (Phi) is 4.46. The van der Waals surface area contributed by atoms with Gasteiger partial charge in [-0.15, -0.1) is 5.10 Å². The van der Waals surface area contributed by atoms with E-state index in [9.17, 15) is 4.79 Å².